The number of pyridine rings is 1. The van der Waals surface area contributed by atoms with E-state index in [0.29, 0.717) is 11.4 Å². The molecular formula is C20H22FN9O8P2S2. The van der Waals surface area contributed by atoms with Gasteiger partial charge in [-0.05, 0) is 23.9 Å². The third kappa shape index (κ3) is 6.05. The van der Waals surface area contributed by atoms with Gasteiger partial charge in [0, 0.05) is 18.0 Å². The van der Waals surface area contributed by atoms with Crippen LogP contribution < -0.4 is 11.3 Å². The molecule has 22 heteroatoms. The van der Waals surface area contributed by atoms with Gasteiger partial charge in [0.2, 0.25) is 5.95 Å². The lowest BCUT2D eigenvalue weighted by atomic mass is 10.1. The van der Waals surface area contributed by atoms with Crippen molar-refractivity contribution in [2.45, 2.75) is 37.8 Å². The molecule has 6 heterocycles. The highest BCUT2D eigenvalue weighted by molar-refractivity contribution is 8.44. The molecule has 2 unspecified atom stereocenters. The normalized spacial score (nSPS) is 30.9. The van der Waals surface area contributed by atoms with Crippen molar-refractivity contribution >= 4 is 54.7 Å². The van der Waals surface area contributed by atoms with Gasteiger partial charge in [0.05, 0.1) is 26.1 Å². The number of fused-ring (bicyclic) bond motifs is 4. The van der Waals surface area contributed by atoms with Crippen LogP contribution in [0, 0.1) is 0 Å². The molecule has 42 heavy (non-hydrogen) atoms. The summed E-state index contributed by atoms with van der Waals surface area (Å²) in [5.74, 6) is 0.266. The molecule has 1 saturated heterocycles. The Morgan fingerprint density at radius 3 is 2.81 bits per heavy atom. The molecule has 0 radical (unpaired) electrons. The zero-order chi connectivity index (χ0) is 29.6. The molecule has 6 atom stereocenters. The summed E-state index contributed by atoms with van der Waals surface area (Å²) < 4.78 is 59.5. The molecule has 2 aliphatic heterocycles. The van der Waals surface area contributed by atoms with Crippen molar-refractivity contribution in [3.63, 3.8) is 0 Å². The maximum atomic E-state index is 15.8. The van der Waals surface area contributed by atoms with E-state index in [1.807, 2.05) is 0 Å². The van der Waals surface area contributed by atoms with Crippen LogP contribution in [0.25, 0.3) is 22.6 Å². The highest BCUT2D eigenvalue weighted by Crippen LogP contribution is 2.57. The predicted octanol–water partition coefficient (Wildman–Crippen LogP) is 1.49. The molecule has 4 aromatic heterocycles. The number of nitrogens with one attached hydrogen (secondary N) is 1. The van der Waals surface area contributed by atoms with Crippen molar-refractivity contribution in [3.8, 4) is 11.4 Å². The number of thiol groups is 1. The molecule has 4 N–H and O–H groups in total. The first-order valence-electron chi connectivity index (χ1n) is 12.1. The number of nitrogens with zero attached hydrogens (tertiary/aromatic N) is 7. The fourth-order valence-corrected chi connectivity index (χ4v) is 6.85. The van der Waals surface area contributed by atoms with Crippen LogP contribution in [0.1, 0.15) is 12.1 Å². The summed E-state index contributed by atoms with van der Waals surface area (Å²) in [6.45, 7) is -9.27. The van der Waals surface area contributed by atoms with Crippen LogP contribution in [0.3, 0.4) is 0 Å². The minimum Gasteiger partial charge on any atom is -0.369 e. The molecule has 4 aromatic rings. The lowest BCUT2D eigenvalue weighted by Crippen LogP contribution is -2.32. The summed E-state index contributed by atoms with van der Waals surface area (Å²) in [6, 6.07) is 3.38. The molecule has 0 amide bonds. The molecule has 2 aliphatic rings. The largest absolute Gasteiger partial charge is 0.387 e. The number of alkyl halides is 1. The quantitative estimate of drug-likeness (QED) is 0.177. The van der Waals surface area contributed by atoms with Gasteiger partial charge in [0.25, 0.3) is 5.56 Å². The van der Waals surface area contributed by atoms with Gasteiger partial charge < -0.3 is 24.4 Å². The monoisotopic (exact) mass is 661 g/mol. The summed E-state index contributed by atoms with van der Waals surface area (Å²) in [5.41, 5.74) is 5.51. The lowest BCUT2D eigenvalue weighted by molar-refractivity contribution is -0.0454. The number of nitrogens with two attached hydrogens (primary N) is 1. The standard InChI is InChI=1S/C20H22FN9O8P2S2/c21-13-11-7-35-39(32,41)34-6-5-30-12(25-16(28-30)10-1-3-23-4-2-10)8-36-40(33,42)38-15(13)19(37-11)29-9-24-14-17(29)26-20(22)27-18(14)31/h1-4,9,11,13,15,19H,5-8H2,(H,32,41)(H,33,42)(H3,22,26,27,31)/t11-,13+,15-,19-,39?,40?/m1/s1. The van der Waals surface area contributed by atoms with Crippen LogP contribution in [0.15, 0.2) is 35.6 Å². The van der Waals surface area contributed by atoms with Crippen LogP contribution in [-0.4, -0.2) is 75.8 Å². The van der Waals surface area contributed by atoms with E-state index in [4.69, 9.17) is 40.4 Å². The molecule has 17 nitrogen and oxygen atoms in total. The van der Waals surface area contributed by atoms with E-state index in [2.05, 4.69) is 42.3 Å². The van der Waals surface area contributed by atoms with Gasteiger partial charge in [0.1, 0.15) is 18.8 Å². The first kappa shape index (κ1) is 29.4. The van der Waals surface area contributed by atoms with Gasteiger partial charge in [0.15, 0.2) is 35.2 Å². The lowest BCUT2D eigenvalue weighted by Gasteiger charge is -2.23. The third-order valence-corrected chi connectivity index (χ3v) is 9.46. The van der Waals surface area contributed by atoms with E-state index in [1.165, 1.54) is 9.25 Å². The van der Waals surface area contributed by atoms with Crippen LogP contribution in [0.5, 0.6) is 0 Å². The molecule has 0 aromatic carbocycles. The molecule has 224 valence electrons. The molecule has 0 saturated carbocycles. The average Bonchev–Trinajstić information content (AvgIpc) is 3.63. The molecule has 6 rings (SSSR count). The number of rotatable bonds is 2. The molecule has 2 bridgehead atoms. The van der Waals surface area contributed by atoms with Gasteiger partial charge in [-0.1, -0.05) is 12.2 Å². The van der Waals surface area contributed by atoms with Gasteiger partial charge >= 0.3 is 13.5 Å². The number of hydrogen-bond donors (Lipinski definition) is 4. The number of halogens is 1. The molecule has 0 aliphatic carbocycles. The van der Waals surface area contributed by atoms with E-state index in [1.54, 1.807) is 24.5 Å². The number of nitrogen functional groups attached to an aromatic ring is 1. The number of ether oxygens (including phenoxy) is 1. The van der Waals surface area contributed by atoms with Crippen LogP contribution >= 0.6 is 25.8 Å². The zero-order valence-electron chi connectivity index (χ0n) is 21.2. The van der Waals surface area contributed by atoms with Gasteiger partial charge in [-0.15, -0.1) is 0 Å². The van der Waals surface area contributed by atoms with Gasteiger partial charge in [-0.2, -0.15) is 10.1 Å². The molecule has 1 fully saturated rings. The van der Waals surface area contributed by atoms with Crippen molar-refractivity contribution in [2.75, 3.05) is 18.9 Å². The van der Waals surface area contributed by atoms with E-state index in [-0.39, 0.29) is 36.1 Å². The number of hydrogen-bond acceptors (Lipinski definition) is 14. The molecular weight excluding hydrogens is 639 g/mol. The SMILES string of the molecule is Nc1nc2c(ncn2[C@@H]2O[C@@H]3COP(O)(=S)OCCn4nc(-c5ccncc5)nc4COP(=O)(S)O[C@@H]2[C@H]3F)c(=O)[nH]1. The molecule has 0 spiro atoms. The van der Waals surface area contributed by atoms with Crippen molar-refractivity contribution in [1.82, 2.24) is 39.3 Å². The second-order valence-electron chi connectivity index (χ2n) is 9.00. The predicted molar refractivity (Wildman–Crippen MR) is 149 cm³/mol. The second-order valence-corrected chi connectivity index (χ2v) is 14.7. The number of anilines is 1. The Hall–Kier alpha value is -2.64. The summed E-state index contributed by atoms with van der Waals surface area (Å²) in [4.78, 5) is 41.7. The third-order valence-electron chi connectivity index (χ3n) is 6.25. The highest BCUT2D eigenvalue weighted by atomic mass is 32.7. The first-order chi connectivity index (χ1) is 20.0. The smallest absolute Gasteiger partial charge is 0.369 e. The average molecular weight is 662 g/mol. The maximum Gasteiger partial charge on any atom is 0.387 e. The Bertz CT molecular complexity index is 1780. The van der Waals surface area contributed by atoms with Gasteiger partial charge in [-0.3, -0.25) is 28.4 Å². The van der Waals surface area contributed by atoms with Crippen molar-refractivity contribution in [3.05, 3.63) is 47.0 Å². The van der Waals surface area contributed by atoms with Crippen LogP contribution in [0.4, 0.5) is 10.3 Å². The Morgan fingerprint density at radius 2 is 2.02 bits per heavy atom. The number of H-pyrrole nitrogens is 1. The van der Waals surface area contributed by atoms with Crippen molar-refractivity contribution < 1.29 is 36.7 Å². The van der Waals surface area contributed by atoms with Gasteiger partial charge in [-0.25, -0.2) is 23.6 Å². The first-order valence-corrected chi connectivity index (χ1v) is 17.4. The topological polar surface area (TPSA) is 217 Å². The number of aromatic nitrogens is 8. The summed E-state index contributed by atoms with van der Waals surface area (Å²) in [6.07, 6.45) is -2.17. The van der Waals surface area contributed by atoms with E-state index >= 15 is 4.39 Å². The second kappa shape index (κ2) is 11.5. The summed E-state index contributed by atoms with van der Waals surface area (Å²) in [5, 5.41) is 4.43. The van der Waals surface area contributed by atoms with Crippen molar-refractivity contribution in [1.29, 1.82) is 0 Å². The van der Waals surface area contributed by atoms with Crippen LogP contribution in [-0.2, 0) is 52.4 Å². The fraction of sp³-hybridized carbons (Fsp3) is 0.400. The Kier molecular flexibility index (Phi) is 8.03. The maximum absolute atomic E-state index is 15.8. The minimum absolute atomic E-state index is 0.0517. The Morgan fingerprint density at radius 1 is 1.24 bits per heavy atom. The van der Waals surface area contributed by atoms with E-state index in [0.717, 1.165) is 6.33 Å². The minimum atomic E-state index is -4.32. The number of aromatic amines is 1. The van der Waals surface area contributed by atoms with Crippen LogP contribution in [0.2, 0.25) is 0 Å². The summed E-state index contributed by atoms with van der Waals surface area (Å²) >= 11 is 9.15. The van der Waals surface area contributed by atoms with E-state index in [9.17, 15) is 14.3 Å². The van der Waals surface area contributed by atoms with E-state index < -0.39 is 56.9 Å². The Balaban J connectivity index is 1.35. The van der Waals surface area contributed by atoms with Crippen molar-refractivity contribution in [2.24, 2.45) is 0 Å². The number of imidazole rings is 1. The Labute approximate surface area is 245 Å². The highest BCUT2D eigenvalue weighted by Gasteiger charge is 2.51. The summed E-state index contributed by atoms with van der Waals surface area (Å²) in [7, 11) is 0. The fourth-order valence-electron chi connectivity index (χ4n) is 4.35. The zero-order valence-corrected chi connectivity index (χ0v) is 24.7.